The number of hydrogen-bond donors (Lipinski definition) is 1. The SMILES string of the molecule is COC(=O)C1(C)CC(c2ccncc2)CCN1. The zero-order chi connectivity index (χ0) is 12.3. The number of pyridine rings is 1. The van der Waals surface area contributed by atoms with Gasteiger partial charge in [0.15, 0.2) is 0 Å². The highest BCUT2D eigenvalue weighted by atomic mass is 16.5. The van der Waals surface area contributed by atoms with E-state index in [1.807, 2.05) is 19.1 Å². The van der Waals surface area contributed by atoms with Crippen LogP contribution in [0.4, 0.5) is 0 Å². The molecular formula is C13H18N2O2. The van der Waals surface area contributed by atoms with Gasteiger partial charge in [-0.25, -0.2) is 0 Å². The molecule has 0 bridgehead atoms. The summed E-state index contributed by atoms with van der Waals surface area (Å²) in [5.74, 6) is 0.208. The van der Waals surface area contributed by atoms with Crippen LogP contribution in [0, 0.1) is 0 Å². The molecule has 4 heteroatoms. The highest BCUT2D eigenvalue weighted by Crippen LogP contribution is 2.32. The number of carbonyl (C=O) groups is 1. The number of ether oxygens (including phenoxy) is 1. The Kier molecular flexibility index (Phi) is 3.43. The molecule has 1 aliphatic heterocycles. The summed E-state index contributed by atoms with van der Waals surface area (Å²) < 4.78 is 4.86. The molecule has 4 nitrogen and oxygen atoms in total. The fraction of sp³-hybridized carbons (Fsp3) is 0.538. The summed E-state index contributed by atoms with van der Waals surface area (Å²) in [4.78, 5) is 15.8. The van der Waals surface area contributed by atoms with Crippen molar-refractivity contribution in [2.24, 2.45) is 0 Å². The van der Waals surface area contributed by atoms with Crippen LogP contribution in [0.15, 0.2) is 24.5 Å². The van der Waals surface area contributed by atoms with E-state index >= 15 is 0 Å². The molecule has 0 radical (unpaired) electrons. The van der Waals surface area contributed by atoms with Gasteiger partial charge in [-0.05, 0) is 49.9 Å². The Balaban J connectivity index is 2.15. The quantitative estimate of drug-likeness (QED) is 0.787. The van der Waals surface area contributed by atoms with Crippen LogP contribution in [0.25, 0.3) is 0 Å². The molecule has 1 aromatic rings. The van der Waals surface area contributed by atoms with Gasteiger partial charge >= 0.3 is 5.97 Å². The fourth-order valence-corrected chi connectivity index (χ4v) is 2.49. The van der Waals surface area contributed by atoms with Crippen LogP contribution in [0.2, 0.25) is 0 Å². The molecule has 1 aliphatic rings. The summed E-state index contributed by atoms with van der Waals surface area (Å²) in [6, 6.07) is 4.04. The van der Waals surface area contributed by atoms with Gasteiger partial charge in [-0.15, -0.1) is 0 Å². The second-order valence-corrected chi connectivity index (χ2v) is 4.72. The van der Waals surface area contributed by atoms with E-state index in [-0.39, 0.29) is 5.97 Å². The number of methoxy groups -OCH3 is 1. The van der Waals surface area contributed by atoms with Crippen molar-refractivity contribution in [1.82, 2.24) is 10.3 Å². The molecule has 0 saturated carbocycles. The Hall–Kier alpha value is -1.42. The maximum Gasteiger partial charge on any atom is 0.325 e. The number of carbonyl (C=O) groups excluding carboxylic acids is 1. The zero-order valence-electron chi connectivity index (χ0n) is 10.3. The molecule has 1 aromatic heterocycles. The van der Waals surface area contributed by atoms with Gasteiger partial charge in [-0.1, -0.05) is 0 Å². The van der Waals surface area contributed by atoms with Gasteiger partial charge in [0.2, 0.25) is 0 Å². The van der Waals surface area contributed by atoms with Crippen molar-refractivity contribution in [3.8, 4) is 0 Å². The molecule has 0 aromatic carbocycles. The summed E-state index contributed by atoms with van der Waals surface area (Å²) in [5, 5.41) is 3.26. The minimum absolute atomic E-state index is 0.184. The summed E-state index contributed by atoms with van der Waals surface area (Å²) in [6.45, 7) is 2.74. The second-order valence-electron chi connectivity index (χ2n) is 4.72. The third-order valence-electron chi connectivity index (χ3n) is 3.48. The van der Waals surface area contributed by atoms with Crippen molar-refractivity contribution in [2.75, 3.05) is 13.7 Å². The van der Waals surface area contributed by atoms with E-state index in [1.165, 1.54) is 12.7 Å². The summed E-state index contributed by atoms with van der Waals surface area (Å²) >= 11 is 0. The third-order valence-corrected chi connectivity index (χ3v) is 3.48. The van der Waals surface area contributed by atoms with E-state index < -0.39 is 5.54 Å². The van der Waals surface area contributed by atoms with Crippen LogP contribution in [0.3, 0.4) is 0 Å². The number of aromatic nitrogens is 1. The molecule has 2 rings (SSSR count). The monoisotopic (exact) mass is 234 g/mol. The molecule has 0 amide bonds. The van der Waals surface area contributed by atoms with Gasteiger partial charge in [0.1, 0.15) is 5.54 Å². The maximum atomic E-state index is 11.8. The van der Waals surface area contributed by atoms with Crippen molar-refractivity contribution in [2.45, 2.75) is 31.2 Å². The highest BCUT2D eigenvalue weighted by Gasteiger charge is 2.39. The standard InChI is InChI=1S/C13H18N2O2/c1-13(12(16)17-2)9-11(5-8-15-13)10-3-6-14-7-4-10/h3-4,6-7,11,15H,5,8-9H2,1-2H3. The molecule has 1 saturated heterocycles. The molecule has 1 N–H and O–H groups in total. The predicted molar refractivity (Wildman–Crippen MR) is 64.6 cm³/mol. The van der Waals surface area contributed by atoms with Crippen LogP contribution < -0.4 is 5.32 Å². The topological polar surface area (TPSA) is 51.2 Å². The number of esters is 1. The average Bonchev–Trinajstić information content (AvgIpc) is 2.39. The zero-order valence-corrected chi connectivity index (χ0v) is 10.3. The van der Waals surface area contributed by atoms with Crippen molar-refractivity contribution >= 4 is 5.97 Å². The molecule has 2 unspecified atom stereocenters. The normalized spacial score (nSPS) is 28.7. The number of nitrogens with one attached hydrogen (secondary N) is 1. The largest absolute Gasteiger partial charge is 0.468 e. The molecular weight excluding hydrogens is 216 g/mol. The first-order chi connectivity index (χ1) is 8.15. The second kappa shape index (κ2) is 4.84. The van der Waals surface area contributed by atoms with E-state index in [0.29, 0.717) is 5.92 Å². The predicted octanol–water partition coefficient (Wildman–Crippen LogP) is 1.48. The highest BCUT2D eigenvalue weighted by molar-refractivity contribution is 5.80. The number of piperidine rings is 1. The molecule has 92 valence electrons. The fourth-order valence-electron chi connectivity index (χ4n) is 2.49. The molecule has 2 heterocycles. The maximum absolute atomic E-state index is 11.8. The average molecular weight is 234 g/mol. The Morgan fingerprint density at radius 2 is 2.24 bits per heavy atom. The van der Waals surface area contributed by atoms with Crippen LogP contribution in [0.5, 0.6) is 0 Å². The van der Waals surface area contributed by atoms with Crippen LogP contribution in [-0.4, -0.2) is 30.1 Å². The number of hydrogen-bond acceptors (Lipinski definition) is 4. The van der Waals surface area contributed by atoms with Crippen molar-refractivity contribution in [1.29, 1.82) is 0 Å². The number of nitrogens with zero attached hydrogens (tertiary/aromatic N) is 1. The molecule has 0 spiro atoms. The Bertz CT molecular complexity index is 394. The lowest BCUT2D eigenvalue weighted by Crippen LogP contribution is -2.54. The minimum Gasteiger partial charge on any atom is -0.468 e. The molecule has 17 heavy (non-hydrogen) atoms. The first kappa shape index (κ1) is 12.0. The summed E-state index contributed by atoms with van der Waals surface area (Å²) in [5.41, 5.74) is 0.678. The van der Waals surface area contributed by atoms with Crippen LogP contribution >= 0.6 is 0 Å². The lowest BCUT2D eigenvalue weighted by Gasteiger charge is -2.37. The third kappa shape index (κ3) is 2.47. The smallest absolute Gasteiger partial charge is 0.325 e. The molecule has 0 aliphatic carbocycles. The lowest BCUT2D eigenvalue weighted by atomic mass is 9.80. The van der Waals surface area contributed by atoms with Gasteiger partial charge in [0, 0.05) is 12.4 Å². The summed E-state index contributed by atoms with van der Waals surface area (Å²) in [7, 11) is 1.44. The van der Waals surface area contributed by atoms with Gasteiger partial charge in [-0.2, -0.15) is 0 Å². The first-order valence-electron chi connectivity index (χ1n) is 5.89. The first-order valence-corrected chi connectivity index (χ1v) is 5.89. The lowest BCUT2D eigenvalue weighted by molar-refractivity contribution is -0.149. The van der Waals surface area contributed by atoms with Gasteiger partial charge < -0.3 is 10.1 Å². The van der Waals surface area contributed by atoms with Crippen molar-refractivity contribution < 1.29 is 9.53 Å². The van der Waals surface area contributed by atoms with E-state index in [1.54, 1.807) is 12.4 Å². The van der Waals surface area contributed by atoms with E-state index in [0.717, 1.165) is 19.4 Å². The Morgan fingerprint density at radius 1 is 1.53 bits per heavy atom. The summed E-state index contributed by atoms with van der Waals surface area (Å²) in [6.07, 6.45) is 5.40. The van der Waals surface area contributed by atoms with E-state index in [9.17, 15) is 4.79 Å². The van der Waals surface area contributed by atoms with Gasteiger partial charge in [-0.3, -0.25) is 9.78 Å². The number of rotatable bonds is 2. The van der Waals surface area contributed by atoms with E-state index in [2.05, 4.69) is 10.3 Å². The van der Waals surface area contributed by atoms with Gasteiger partial charge in [0.25, 0.3) is 0 Å². The Labute approximate surface area is 101 Å². The minimum atomic E-state index is -0.569. The van der Waals surface area contributed by atoms with Crippen LogP contribution in [-0.2, 0) is 9.53 Å². The van der Waals surface area contributed by atoms with E-state index in [4.69, 9.17) is 4.74 Å². The molecule has 2 atom stereocenters. The molecule has 1 fully saturated rings. The van der Waals surface area contributed by atoms with Crippen molar-refractivity contribution in [3.05, 3.63) is 30.1 Å². The van der Waals surface area contributed by atoms with Crippen molar-refractivity contribution in [3.63, 3.8) is 0 Å². The van der Waals surface area contributed by atoms with Crippen LogP contribution in [0.1, 0.15) is 31.2 Å². The van der Waals surface area contributed by atoms with Gasteiger partial charge in [0.05, 0.1) is 7.11 Å². The Morgan fingerprint density at radius 3 is 2.88 bits per heavy atom.